The third-order valence-electron chi connectivity index (χ3n) is 5.93. The molecular weight excluding hydrogens is 412 g/mol. The molecule has 1 N–H and O–H groups in total. The number of aryl methyl sites for hydroxylation is 4. The second-order valence-corrected chi connectivity index (χ2v) is 10.3. The monoisotopic (exact) mass is 444 g/mol. The van der Waals surface area contributed by atoms with Crippen LogP contribution < -0.4 is 10.1 Å². The van der Waals surface area contributed by atoms with Crippen LogP contribution in [0.5, 0.6) is 5.75 Å². The molecule has 1 aliphatic rings. The fourth-order valence-corrected chi connectivity index (χ4v) is 5.58. The van der Waals surface area contributed by atoms with Gasteiger partial charge in [-0.2, -0.15) is 4.31 Å². The largest absolute Gasteiger partial charge is 0.484 e. The molecule has 3 rings (SSSR count). The van der Waals surface area contributed by atoms with Gasteiger partial charge in [0.05, 0.1) is 10.9 Å². The van der Waals surface area contributed by atoms with Crippen molar-refractivity contribution in [2.75, 3.05) is 19.7 Å². The molecule has 31 heavy (non-hydrogen) atoms. The van der Waals surface area contributed by atoms with Gasteiger partial charge >= 0.3 is 0 Å². The number of hydrogen-bond acceptors (Lipinski definition) is 4. The Hall–Kier alpha value is -2.38. The van der Waals surface area contributed by atoms with Crippen molar-refractivity contribution < 1.29 is 17.9 Å². The summed E-state index contributed by atoms with van der Waals surface area (Å²) < 4.78 is 32.6. The fourth-order valence-electron chi connectivity index (χ4n) is 3.98. The predicted octanol–water partition coefficient (Wildman–Crippen LogP) is 3.96. The van der Waals surface area contributed by atoms with E-state index in [1.54, 1.807) is 25.1 Å². The topological polar surface area (TPSA) is 75.7 Å². The van der Waals surface area contributed by atoms with Crippen LogP contribution in [0.4, 0.5) is 0 Å². The molecule has 0 saturated carbocycles. The normalized spacial score (nSPS) is 15.6. The second kappa shape index (κ2) is 9.40. The Morgan fingerprint density at radius 1 is 1.00 bits per heavy atom. The van der Waals surface area contributed by atoms with E-state index in [4.69, 9.17) is 4.74 Å². The molecule has 1 amide bonds. The lowest BCUT2D eigenvalue weighted by molar-refractivity contribution is -0.123. The van der Waals surface area contributed by atoms with Crippen LogP contribution in [0.25, 0.3) is 0 Å². The molecule has 1 fully saturated rings. The predicted molar refractivity (Wildman–Crippen MR) is 122 cm³/mol. The minimum absolute atomic E-state index is 0.132. The second-order valence-electron chi connectivity index (χ2n) is 8.41. The van der Waals surface area contributed by atoms with Gasteiger partial charge in [0.2, 0.25) is 10.0 Å². The maximum atomic E-state index is 12.7. The smallest absolute Gasteiger partial charge is 0.258 e. The molecule has 2 aromatic carbocycles. The molecule has 1 saturated heterocycles. The van der Waals surface area contributed by atoms with Crippen LogP contribution in [0.15, 0.2) is 35.2 Å². The highest BCUT2D eigenvalue weighted by molar-refractivity contribution is 7.89. The number of hydrogen-bond donors (Lipinski definition) is 1. The van der Waals surface area contributed by atoms with Crippen molar-refractivity contribution >= 4 is 15.9 Å². The fraction of sp³-hybridized carbons (Fsp3) is 0.458. The summed E-state index contributed by atoms with van der Waals surface area (Å²) in [6, 6.07) is 8.90. The first-order chi connectivity index (χ1) is 14.6. The highest BCUT2D eigenvalue weighted by atomic mass is 32.2. The zero-order valence-electron chi connectivity index (χ0n) is 19.0. The summed E-state index contributed by atoms with van der Waals surface area (Å²) >= 11 is 0. The molecule has 1 heterocycles. The van der Waals surface area contributed by atoms with E-state index in [1.165, 1.54) is 15.4 Å². The molecule has 0 spiro atoms. The first kappa shape index (κ1) is 23.3. The average Bonchev–Trinajstić information content (AvgIpc) is 3.25. The van der Waals surface area contributed by atoms with Gasteiger partial charge in [-0.25, -0.2) is 8.42 Å². The summed E-state index contributed by atoms with van der Waals surface area (Å²) in [4.78, 5) is 12.7. The number of nitrogens with zero attached hydrogens (tertiary/aromatic N) is 1. The highest BCUT2D eigenvalue weighted by Gasteiger charge is 2.27. The van der Waals surface area contributed by atoms with Gasteiger partial charge in [-0.1, -0.05) is 12.1 Å². The summed E-state index contributed by atoms with van der Waals surface area (Å²) in [5.74, 6) is 0.281. The summed E-state index contributed by atoms with van der Waals surface area (Å²) in [5, 5.41) is 2.98. The van der Waals surface area contributed by atoms with Crippen molar-refractivity contribution in [1.82, 2.24) is 9.62 Å². The molecule has 0 bridgehead atoms. The number of sulfonamides is 1. The standard InChI is InChI=1S/C24H32N2O4S/c1-16-12-18(3)22(14-17(16)2)20(5)25-24(27)15-30-23-9-8-21(13-19(23)4)31(28,29)26-10-6-7-11-26/h8-9,12-14,20H,6-7,10-11,15H2,1-5H3,(H,25,27). The van der Waals surface area contributed by atoms with Crippen molar-refractivity contribution in [2.24, 2.45) is 0 Å². The minimum atomic E-state index is -3.47. The molecule has 7 heteroatoms. The molecule has 1 unspecified atom stereocenters. The number of rotatable bonds is 7. The van der Waals surface area contributed by atoms with Crippen LogP contribution in [0, 0.1) is 27.7 Å². The summed E-state index contributed by atoms with van der Waals surface area (Å²) in [6.07, 6.45) is 1.79. The van der Waals surface area contributed by atoms with Crippen molar-refractivity contribution in [3.05, 3.63) is 58.1 Å². The molecule has 1 atom stereocenters. The maximum Gasteiger partial charge on any atom is 0.258 e. The lowest BCUT2D eigenvalue weighted by atomic mass is 9.96. The van der Waals surface area contributed by atoms with Crippen LogP contribution in [-0.2, 0) is 14.8 Å². The van der Waals surface area contributed by atoms with Crippen molar-refractivity contribution in [2.45, 2.75) is 58.4 Å². The molecule has 0 aliphatic carbocycles. The molecule has 168 valence electrons. The maximum absolute atomic E-state index is 12.7. The Balaban J connectivity index is 1.62. The summed E-state index contributed by atoms with van der Waals surface area (Å²) in [5.41, 5.74) is 5.34. The number of amides is 1. The van der Waals surface area contributed by atoms with E-state index >= 15 is 0 Å². The summed E-state index contributed by atoms with van der Waals surface area (Å²) in [6.45, 7) is 10.9. The van der Waals surface area contributed by atoms with Gasteiger partial charge in [-0.15, -0.1) is 0 Å². The van der Waals surface area contributed by atoms with Gasteiger partial charge in [0.25, 0.3) is 5.91 Å². The van der Waals surface area contributed by atoms with E-state index in [0.29, 0.717) is 24.4 Å². The van der Waals surface area contributed by atoms with E-state index in [9.17, 15) is 13.2 Å². The Bertz CT molecular complexity index is 1070. The van der Waals surface area contributed by atoms with Gasteiger partial charge in [-0.05, 0) is 93.5 Å². The van der Waals surface area contributed by atoms with Crippen molar-refractivity contribution in [1.29, 1.82) is 0 Å². The van der Waals surface area contributed by atoms with E-state index in [0.717, 1.165) is 24.0 Å². The molecule has 0 aromatic heterocycles. The van der Waals surface area contributed by atoms with Gasteiger partial charge in [-0.3, -0.25) is 4.79 Å². The Labute approximate surface area is 185 Å². The van der Waals surface area contributed by atoms with Crippen LogP contribution in [0.3, 0.4) is 0 Å². The summed E-state index contributed by atoms with van der Waals surface area (Å²) in [7, 11) is -3.47. The quantitative estimate of drug-likeness (QED) is 0.701. The lowest BCUT2D eigenvalue weighted by Crippen LogP contribution is -2.31. The number of carbonyl (C=O) groups excluding carboxylic acids is 1. The Morgan fingerprint density at radius 2 is 1.65 bits per heavy atom. The number of carbonyl (C=O) groups is 1. The van der Waals surface area contributed by atoms with Crippen molar-refractivity contribution in [3.8, 4) is 5.75 Å². The third kappa shape index (κ3) is 5.28. The van der Waals surface area contributed by atoms with Crippen LogP contribution >= 0.6 is 0 Å². The first-order valence-electron chi connectivity index (χ1n) is 10.7. The zero-order valence-corrected chi connectivity index (χ0v) is 19.8. The van der Waals surface area contributed by atoms with Gasteiger partial charge < -0.3 is 10.1 Å². The van der Waals surface area contributed by atoms with Crippen LogP contribution in [-0.4, -0.2) is 38.3 Å². The Morgan fingerprint density at radius 3 is 2.29 bits per heavy atom. The van der Waals surface area contributed by atoms with Gasteiger partial charge in [0, 0.05) is 13.1 Å². The van der Waals surface area contributed by atoms with E-state index in [2.05, 4.69) is 31.3 Å². The van der Waals surface area contributed by atoms with E-state index in [1.807, 2.05) is 13.8 Å². The van der Waals surface area contributed by atoms with E-state index < -0.39 is 10.0 Å². The molecule has 0 radical (unpaired) electrons. The lowest BCUT2D eigenvalue weighted by Gasteiger charge is -2.19. The first-order valence-corrected chi connectivity index (χ1v) is 12.1. The molecule has 1 aliphatic heterocycles. The Kier molecular flexibility index (Phi) is 7.06. The van der Waals surface area contributed by atoms with Crippen molar-refractivity contribution in [3.63, 3.8) is 0 Å². The molecule has 2 aromatic rings. The number of nitrogens with one attached hydrogen (secondary N) is 1. The van der Waals surface area contributed by atoms with Gasteiger partial charge in [0.1, 0.15) is 5.75 Å². The number of ether oxygens (including phenoxy) is 1. The van der Waals surface area contributed by atoms with Gasteiger partial charge in [0.15, 0.2) is 6.61 Å². The van der Waals surface area contributed by atoms with Crippen LogP contribution in [0.1, 0.15) is 53.6 Å². The molecular formula is C24H32N2O4S. The average molecular weight is 445 g/mol. The number of benzene rings is 2. The highest BCUT2D eigenvalue weighted by Crippen LogP contribution is 2.26. The van der Waals surface area contributed by atoms with Crippen LogP contribution in [0.2, 0.25) is 0 Å². The zero-order chi connectivity index (χ0) is 22.8. The van der Waals surface area contributed by atoms with E-state index in [-0.39, 0.29) is 23.5 Å². The SMILES string of the molecule is Cc1cc(C)c(C(C)NC(=O)COc2ccc(S(=O)(=O)N3CCCC3)cc2C)cc1C. The molecule has 6 nitrogen and oxygen atoms in total. The minimum Gasteiger partial charge on any atom is -0.484 e. The third-order valence-corrected chi connectivity index (χ3v) is 7.83.